The second kappa shape index (κ2) is 7.14. The van der Waals surface area contributed by atoms with E-state index in [9.17, 15) is 4.79 Å². The largest absolute Gasteiger partial charge is 0.368 e. The lowest BCUT2D eigenvalue weighted by molar-refractivity contribution is -0.137. The highest BCUT2D eigenvalue weighted by molar-refractivity contribution is 5.89. The van der Waals surface area contributed by atoms with Crippen molar-refractivity contribution in [3.05, 3.63) is 65.7 Å². The molecule has 1 saturated heterocycles. The van der Waals surface area contributed by atoms with Gasteiger partial charge in [-0.15, -0.1) is 0 Å². The predicted octanol–water partition coefficient (Wildman–Crippen LogP) is 4.16. The summed E-state index contributed by atoms with van der Waals surface area (Å²) < 4.78 is 0. The molecule has 1 aliphatic heterocycles. The number of amides is 1. The summed E-state index contributed by atoms with van der Waals surface area (Å²) in [4.78, 5) is 18.0. The highest BCUT2D eigenvalue weighted by Gasteiger charge is 2.45. The first-order valence-electron chi connectivity index (χ1n) is 9.86. The van der Waals surface area contributed by atoms with Crippen LogP contribution in [0.2, 0.25) is 0 Å². The number of benzene rings is 2. The van der Waals surface area contributed by atoms with Crippen LogP contribution in [0, 0.1) is 6.92 Å². The van der Waals surface area contributed by atoms with E-state index in [0.717, 1.165) is 51.9 Å². The third kappa shape index (κ3) is 3.11. The molecule has 2 fully saturated rings. The second-order valence-corrected chi connectivity index (χ2v) is 7.77. The molecule has 0 spiro atoms. The predicted molar refractivity (Wildman–Crippen MR) is 107 cm³/mol. The van der Waals surface area contributed by atoms with Gasteiger partial charge in [0.2, 0.25) is 5.91 Å². The summed E-state index contributed by atoms with van der Waals surface area (Å²) in [6.07, 6.45) is 4.30. The van der Waals surface area contributed by atoms with Gasteiger partial charge in [0.1, 0.15) is 0 Å². The molecule has 2 aromatic rings. The Morgan fingerprint density at radius 1 is 0.846 bits per heavy atom. The number of hydrogen-bond acceptors (Lipinski definition) is 2. The lowest BCUT2D eigenvalue weighted by atomic mass is 9.77. The third-order valence-corrected chi connectivity index (χ3v) is 6.16. The van der Waals surface area contributed by atoms with E-state index in [2.05, 4.69) is 65.3 Å². The first-order valence-corrected chi connectivity index (χ1v) is 9.86. The van der Waals surface area contributed by atoms with Crippen LogP contribution in [-0.2, 0) is 10.2 Å². The molecule has 0 bridgehead atoms. The third-order valence-electron chi connectivity index (χ3n) is 6.16. The molecule has 2 aliphatic rings. The Kier molecular flexibility index (Phi) is 4.71. The van der Waals surface area contributed by atoms with Crippen molar-refractivity contribution in [2.45, 2.75) is 38.0 Å². The van der Waals surface area contributed by atoms with Gasteiger partial charge < -0.3 is 9.80 Å². The fraction of sp³-hybridized carbons (Fsp3) is 0.435. The molecule has 0 N–H and O–H groups in total. The summed E-state index contributed by atoms with van der Waals surface area (Å²) in [5, 5.41) is 0. The molecular formula is C23H28N2O. The Balaban J connectivity index is 1.48. The van der Waals surface area contributed by atoms with Gasteiger partial charge in [-0.2, -0.15) is 0 Å². The molecule has 4 rings (SSSR count). The Bertz CT molecular complexity index is 740. The van der Waals surface area contributed by atoms with Crippen molar-refractivity contribution < 1.29 is 4.79 Å². The van der Waals surface area contributed by atoms with Gasteiger partial charge in [-0.05, 0) is 37.5 Å². The van der Waals surface area contributed by atoms with Crippen LogP contribution in [0.5, 0.6) is 0 Å². The van der Waals surface area contributed by atoms with Gasteiger partial charge in [0.25, 0.3) is 0 Å². The van der Waals surface area contributed by atoms with E-state index in [1.54, 1.807) is 0 Å². The number of carbonyl (C=O) groups is 1. The SMILES string of the molecule is Cc1ccc(N2CCN(C(=O)C3(c4ccccc4)CCCC3)CC2)cc1. The standard InChI is InChI=1S/C23H28N2O/c1-19-9-11-21(12-10-19)24-15-17-25(18-16-24)22(26)23(13-5-6-14-23)20-7-3-2-4-8-20/h2-4,7-12H,5-6,13-18H2,1H3. The maximum absolute atomic E-state index is 13.5. The molecule has 0 aromatic heterocycles. The van der Waals surface area contributed by atoms with E-state index in [1.165, 1.54) is 16.8 Å². The van der Waals surface area contributed by atoms with Crippen LogP contribution in [0.1, 0.15) is 36.8 Å². The maximum Gasteiger partial charge on any atom is 0.233 e. The summed E-state index contributed by atoms with van der Waals surface area (Å²) in [5.41, 5.74) is 3.48. The minimum absolute atomic E-state index is 0.284. The van der Waals surface area contributed by atoms with Crippen LogP contribution in [-0.4, -0.2) is 37.0 Å². The number of anilines is 1. The maximum atomic E-state index is 13.5. The van der Waals surface area contributed by atoms with E-state index in [-0.39, 0.29) is 5.41 Å². The van der Waals surface area contributed by atoms with Crippen molar-refractivity contribution in [2.24, 2.45) is 0 Å². The van der Waals surface area contributed by atoms with Gasteiger partial charge in [-0.1, -0.05) is 60.9 Å². The monoisotopic (exact) mass is 348 g/mol. The lowest BCUT2D eigenvalue weighted by Gasteiger charge is -2.41. The van der Waals surface area contributed by atoms with Gasteiger partial charge in [0.15, 0.2) is 0 Å². The first-order chi connectivity index (χ1) is 12.7. The summed E-state index contributed by atoms with van der Waals surface area (Å²) in [7, 11) is 0. The van der Waals surface area contributed by atoms with Crippen LogP contribution in [0.3, 0.4) is 0 Å². The molecule has 0 radical (unpaired) electrons. The summed E-state index contributed by atoms with van der Waals surface area (Å²) in [5.74, 6) is 0.352. The molecule has 0 atom stereocenters. The van der Waals surface area contributed by atoms with Gasteiger partial charge in [-0.25, -0.2) is 0 Å². The number of nitrogens with zero attached hydrogens (tertiary/aromatic N) is 2. The Morgan fingerprint density at radius 3 is 2.08 bits per heavy atom. The van der Waals surface area contributed by atoms with Gasteiger partial charge in [-0.3, -0.25) is 4.79 Å². The molecule has 1 amide bonds. The van der Waals surface area contributed by atoms with Crippen LogP contribution < -0.4 is 4.90 Å². The molecule has 26 heavy (non-hydrogen) atoms. The lowest BCUT2D eigenvalue weighted by Crippen LogP contribution is -2.54. The number of carbonyl (C=O) groups excluding carboxylic acids is 1. The molecular weight excluding hydrogens is 320 g/mol. The topological polar surface area (TPSA) is 23.6 Å². The normalized spacial score (nSPS) is 19.6. The molecule has 3 nitrogen and oxygen atoms in total. The van der Waals surface area contributed by atoms with Gasteiger partial charge in [0, 0.05) is 31.9 Å². The zero-order valence-electron chi connectivity index (χ0n) is 15.7. The van der Waals surface area contributed by atoms with Crippen molar-refractivity contribution in [1.82, 2.24) is 4.90 Å². The zero-order chi connectivity index (χ0) is 18.0. The number of piperazine rings is 1. The molecule has 0 unspecified atom stereocenters. The van der Waals surface area contributed by atoms with Crippen LogP contribution in [0.4, 0.5) is 5.69 Å². The van der Waals surface area contributed by atoms with E-state index in [0.29, 0.717) is 5.91 Å². The number of hydrogen-bond donors (Lipinski definition) is 0. The van der Waals surface area contributed by atoms with Crippen LogP contribution in [0.15, 0.2) is 54.6 Å². The smallest absolute Gasteiger partial charge is 0.233 e. The summed E-state index contributed by atoms with van der Waals surface area (Å²) in [6.45, 7) is 5.59. The average Bonchev–Trinajstić information content (AvgIpc) is 3.20. The Labute approximate surface area is 156 Å². The Morgan fingerprint density at radius 2 is 1.46 bits per heavy atom. The fourth-order valence-electron chi connectivity index (χ4n) is 4.59. The molecule has 136 valence electrons. The quantitative estimate of drug-likeness (QED) is 0.832. The fourth-order valence-corrected chi connectivity index (χ4v) is 4.59. The highest BCUT2D eigenvalue weighted by atomic mass is 16.2. The van der Waals surface area contributed by atoms with E-state index < -0.39 is 0 Å². The molecule has 1 saturated carbocycles. The van der Waals surface area contributed by atoms with Crippen LogP contribution in [0.25, 0.3) is 0 Å². The summed E-state index contributed by atoms with van der Waals surface area (Å²) in [6, 6.07) is 19.2. The average molecular weight is 348 g/mol. The van der Waals surface area contributed by atoms with Crippen molar-refractivity contribution in [3.8, 4) is 0 Å². The molecule has 1 heterocycles. The van der Waals surface area contributed by atoms with Gasteiger partial charge >= 0.3 is 0 Å². The molecule has 2 aromatic carbocycles. The van der Waals surface area contributed by atoms with E-state index in [1.807, 2.05) is 6.07 Å². The minimum atomic E-state index is -0.284. The van der Waals surface area contributed by atoms with Crippen molar-refractivity contribution in [2.75, 3.05) is 31.1 Å². The van der Waals surface area contributed by atoms with Crippen molar-refractivity contribution >= 4 is 11.6 Å². The van der Waals surface area contributed by atoms with E-state index >= 15 is 0 Å². The van der Waals surface area contributed by atoms with E-state index in [4.69, 9.17) is 0 Å². The zero-order valence-corrected chi connectivity index (χ0v) is 15.7. The van der Waals surface area contributed by atoms with Crippen molar-refractivity contribution in [1.29, 1.82) is 0 Å². The van der Waals surface area contributed by atoms with Gasteiger partial charge in [0.05, 0.1) is 5.41 Å². The minimum Gasteiger partial charge on any atom is -0.368 e. The summed E-state index contributed by atoms with van der Waals surface area (Å²) >= 11 is 0. The van der Waals surface area contributed by atoms with Crippen LogP contribution >= 0.6 is 0 Å². The Hall–Kier alpha value is -2.29. The first kappa shape index (κ1) is 17.1. The van der Waals surface area contributed by atoms with Crippen molar-refractivity contribution in [3.63, 3.8) is 0 Å². The second-order valence-electron chi connectivity index (χ2n) is 7.77. The molecule has 3 heteroatoms. The molecule has 1 aliphatic carbocycles. The number of rotatable bonds is 3. The highest BCUT2D eigenvalue weighted by Crippen LogP contribution is 2.42. The number of aryl methyl sites for hydroxylation is 1.